The molecule has 0 saturated heterocycles. The molecule has 0 fully saturated rings. The summed E-state index contributed by atoms with van der Waals surface area (Å²) in [5.41, 5.74) is 0.686. The first-order valence-corrected chi connectivity index (χ1v) is 5.89. The molecule has 1 aromatic carbocycles. The lowest BCUT2D eigenvalue weighted by molar-refractivity contribution is 0.000811. The number of hydrogen-bond acceptors (Lipinski definition) is 3. The molecule has 3 heteroatoms. The third-order valence-electron chi connectivity index (χ3n) is 2.00. The van der Waals surface area contributed by atoms with Crippen molar-refractivity contribution in [2.24, 2.45) is 0 Å². The van der Waals surface area contributed by atoms with Crippen molar-refractivity contribution in [3.05, 3.63) is 35.9 Å². The second-order valence-corrected chi connectivity index (χ2v) is 4.08. The van der Waals surface area contributed by atoms with E-state index in [0.29, 0.717) is 6.61 Å². The van der Waals surface area contributed by atoms with Gasteiger partial charge in [0.05, 0.1) is 12.7 Å². The molecule has 0 saturated carbocycles. The van der Waals surface area contributed by atoms with Gasteiger partial charge in [-0.15, -0.1) is 11.8 Å². The monoisotopic (exact) mass is 212 g/mol. The van der Waals surface area contributed by atoms with Crippen molar-refractivity contribution < 1.29 is 9.84 Å². The Morgan fingerprint density at radius 3 is 2.57 bits per heavy atom. The predicted octanol–water partition coefficient (Wildman–Crippen LogP) is 2.27. The van der Waals surface area contributed by atoms with Crippen molar-refractivity contribution in [2.45, 2.75) is 25.1 Å². The Bertz CT molecular complexity index is 251. The molecule has 0 spiro atoms. The summed E-state index contributed by atoms with van der Waals surface area (Å²) in [6.07, 6.45) is 1.73. The van der Waals surface area contributed by atoms with Crippen LogP contribution in [0, 0.1) is 0 Å². The molecule has 14 heavy (non-hydrogen) atoms. The number of aliphatic hydroxyl groups is 1. The molecule has 0 amide bonds. The highest BCUT2D eigenvalue weighted by Crippen LogP contribution is 2.12. The summed E-state index contributed by atoms with van der Waals surface area (Å²) in [5, 5.41) is 9.44. The van der Waals surface area contributed by atoms with Gasteiger partial charge >= 0.3 is 0 Å². The normalized spacial score (nSPS) is 15.1. The Morgan fingerprint density at radius 2 is 2.00 bits per heavy atom. The molecule has 1 rings (SSSR count). The smallest absolute Gasteiger partial charge is 0.125 e. The third kappa shape index (κ3) is 3.70. The lowest BCUT2D eigenvalue weighted by Crippen LogP contribution is -2.22. The van der Waals surface area contributed by atoms with Gasteiger partial charge < -0.3 is 9.84 Å². The molecule has 2 atom stereocenters. The largest absolute Gasteiger partial charge is 0.380 e. The van der Waals surface area contributed by atoms with Crippen LogP contribution in [0.2, 0.25) is 0 Å². The second-order valence-electron chi connectivity index (χ2n) is 3.13. The summed E-state index contributed by atoms with van der Waals surface area (Å²) < 4.78 is 5.51. The Hall–Kier alpha value is -0.510. The van der Waals surface area contributed by atoms with Gasteiger partial charge in [-0.05, 0) is 18.7 Å². The van der Waals surface area contributed by atoms with Gasteiger partial charge in [-0.1, -0.05) is 30.3 Å². The molecule has 1 unspecified atom stereocenters. The zero-order valence-electron chi connectivity index (χ0n) is 8.51. The lowest BCUT2D eigenvalue weighted by Gasteiger charge is -2.17. The standard InChI is InChI=1S/C11H16O2S/c1-9(11(12)14-2)13-8-10-6-4-3-5-7-10/h3-7,9,11-12H,8H2,1-2H3/t9-,11?/m0/s1. The van der Waals surface area contributed by atoms with Crippen LogP contribution in [0.1, 0.15) is 12.5 Å². The van der Waals surface area contributed by atoms with Gasteiger partial charge in [-0.3, -0.25) is 0 Å². The zero-order chi connectivity index (χ0) is 10.4. The van der Waals surface area contributed by atoms with Crippen LogP contribution in [-0.4, -0.2) is 22.9 Å². The first-order chi connectivity index (χ1) is 6.74. The van der Waals surface area contributed by atoms with Crippen molar-refractivity contribution in [1.82, 2.24) is 0 Å². The van der Waals surface area contributed by atoms with Crippen molar-refractivity contribution >= 4 is 11.8 Å². The van der Waals surface area contributed by atoms with Gasteiger partial charge in [0.25, 0.3) is 0 Å². The van der Waals surface area contributed by atoms with Crippen LogP contribution < -0.4 is 0 Å². The summed E-state index contributed by atoms with van der Waals surface area (Å²) in [7, 11) is 0. The van der Waals surface area contributed by atoms with Gasteiger partial charge in [-0.25, -0.2) is 0 Å². The summed E-state index contributed by atoms with van der Waals surface area (Å²) in [6.45, 7) is 2.43. The first kappa shape index (κ1) is 11.6. The van der Waals surface area contributed by atoms with Gasteiger partial charge in [0.15, 0.2) is 0 Å². The number of aliphatic hydroxyl groups excluding tert-OH is 1. The SMILES string of the molecule is CSC(O)[C@H](C)OCc1ccccc1. The molecule has 0 heterocycles. The maximum atomic E-state index is 9.44. The minimum Gasteiger partial charge on any atom is -0.380 e. The molecule has 1 aromatic rings. The Labute approximate surface area is 89.3 Å². The maximum absolute atomic E-state index is 9.44. The van der Waals surface area contributed by atoms with E-state index in [2.05, 4.69) is 0 Å². The Balaban J connectivity index is 2.34. The molecular weight excluding hydrogens is 196 g/mol. The minimum absolute atomic E-state index is 0.134. The van der Waals surface area contributed by atoms with E-state index in [-0.39, 0.29) is 6.10 Å². The van der Waals surface area contributed by atoms with Gasteiger partial charge in [-0.2, -0.15) is 0 Å². The summed E-state index contributed by atoms with van der Waals surface area (Å²) in [4.78, 5) is 0. The number of rotatable bonds is 5. The fraction of sp³-hybridized carbons (Fsp3) is 0.455. The average molecular weight is 212 g/mol. The van der Waals surface area contributed by atoms with Crippen LogP contribution in [0.3, 0.4) is 0 Å². The maximum Gasteiger partial charge on any atom is 0.125 e. The van der Waals surface area contributed by atoms with E-state index in [1.807, 2.05) is 43.5 Å². The molecule has 2 nitrogen and oxygen atoms in total. The van der Waals surface area contributed by atoms with Gasteiger partial charge in [0.1, 0.15) is 5.44 Å². The fourth-order valence-corrected chi connectivity index (χ4v) is 1.54. The van der Waals surface area contributed by atoms with E-state index < -0.39 is 5.44 Å². The molecule has 78 valence electrons. The quantitative estimate of drug-likeness (QED) is 0.759. The van der Waals surface area contributed by atoms with Crippen LogP contribution in [0.5, 0.6) is 0 Å². The Morgan fingerprint density at radius 1 is 1.36 bits per heavy atom. The van der Waals surface area contributed by atoms with Crippen molar-refractivity contribution in [3.8, 4) is 0 Å². The van der Waals surface area contributed by atoms with E-state index in [1.165, 1.54) is 11.8 Å². The lowest BCUT2D eigenvalue weighted by atomic mass is 10.2. The molecule has 1 N–H and O–H groups in total. The van der Waals surface area contributed by atoms with E-state index in [1.54, 1.807) is 0 Å². The third-order valence-corrected chi connectivity index (χ3v) is 2.87. The molecular formula is C11H16O2S. The van der Waals surface area contributed by atoms with Gasteiger partial charge in [0.2, 0.25) is 0 Å². The number of benzene rings is 1. The summed E-state index contributed by atoms with van der Waals surface area (Å²) in [6, 6.07) is 9.96. The average Bonchev–Trinajstić information content (AvgIpc) is 2.26. The summed E-state index contributed by atoms with van der Waals surface area (Å²) >= 11 is 1.40. The van der Waals surface area contributed by atoms with Crippen molar-refractivity contribution in [1.29, 1.82) is 0 Å². The molecule has 0 aliphatic heterocycles. The van der Waals surface area contributed by atoms with E-state index in [0.717, 1.165) is 5.56 Å². The van der Waals surface area contributed by atoms with Crippen LogP contribution in [0.4, 0.5) is 0 Å². The highest BCUT2D eigenvalue weighted by molar-refractivity contribution is 7.99. The van der Waals surface area contributed by atoms with Crippen LogP contribution in [0.15, 0.2) is 30.3 Å². The van der Waals surface area contributed by atoms with Crippen molar-refractivity contribution in [3.63, 3.8) is 0 Å². The first-order valence-electron chi connectivity index (χ1n) is 4.60. The number of thioether (sulfide) groups is 1. The molecule has 0 bridgehead atoms. The van der Waals surface area contributed by atoms with Crippen LogP contribution >= 0.6 is 11.8 Å². The molecule has 0 aromatic heterocycles. The summed E-state index contributed by atoms with van der Waals surface area (Å²) in [5.74, 6) is 0. The van der Waals surface area contributed by atoms with Gasteiger partial charge in [0, 0.05) is 0 Å². The molecule has 0 radical (unpaired) electrons. The molecule has 0 aliphatic carbocycles. The van der Waals surface area contributed by atoms with E-state index in [4.69, 9.17) is 4.74 Å². The highest BCUT2D eigenvalue weighted by atomic mass is 32.2. The van der Waals surface area contributed by atoms with Crippen LogP contribution in [0.25, 0.3) is 0 Å². The van der Waals surface area contributed by atoms with Crippen LogP contribution in [-0.2, 0) is 11.3 Å². The predicted molar refractivity (Wildman–Crippen MR) is 60.2 cm³/mol. The molecule has 0 aliphatic rings. The number of hydrogen-bond donors (Lipinski definition) is 1. The Kier molecular flexibility index (Phi) is 5.01. The fourth-order valence-electron chi connectivity index (χ4n) is 1.08. The highest BCUT2D eigenvalue weighted by Gasteiger charge is 2.12. The zero-order valence-corrected chi connectivity index (χ0v) is 9.33. The van der Waals surface area contributed by atoms with E-state index >= 15 is 0 Å². The number of ether oxygens (including phenoxy) is 1. The van der Waals surface area contributed by atoms with E-state index in [9.17, 15) is 5.11 Å². The minimum atomic E-state index is -0.446. The second kappa shape index (κ2) is 6.06. The van der Waals surface area contributed by atoms with Crippen molar-refractivity contribution in [2.75, 3.05) is 6.26 Å². The topological polar surface area (TPSA) is 29.5 Å².